The Kier molecular flexibility index (Phi) is 7.48. The standard InChI is InChI=1S/C17H25N3O2.C2HF3O2/c1-12(2)20-17-10-19(9-14-6-5-13(3)22-14)8-7-15(17)16(18-20)11-21-4;3-2(4,5)1(6)7/h5-6,12H,7-11H2,1-4H3;(H,6,7). The van der Waals surface area contributed by atoms with Crippen LogP contribution in [0.25, 0.3) is 0 Å². The largest absolute Gasteiger partial charge is 0.490 e. The molecule has 0 aromatic carbocycles. The number of hydrogen-bond acceptors (Lipinski definition) is 5. The lowest BCUT2D eigenvalue weighted by atomic mass is 10.0. The summed E-state index contributed by atoms with van der Waals surface area (Å²) >= 11 is 0. The van der Waals surface area contributed by atoms with Crippen molar-refractivity contribution in [2.24, 2.45) is 0 Å². The topological polar surface area (TPSA) is 80.7 Å². The van der Waals surface area contributed by atoms with Gasteiger partial charge < -0.3 is 14.3 Å². The summed E-state index contributed by atoms with van der Waals surface area (Å²) in [5, 5.41) is 11.9. The van der Waals surface area contributed by atoms with E-state index < -0.39 is 12.1 Å². The molecule has 1 aliphatic heterocycles. The Hall–Kier alpha value is -2.33. The predicted molar refractivity (Wildman–Crippen MR) is 98.3 cm³/mol. The highest BCUT2D eigenvalue weighted by atomic mass is 19.4. The summed E-state index contributed by atoms with van der Waals surface area (Å²) in [7, 11) is 1.73. The first-order valence-corrected chi connectivity index (χ1v) is 9.18. The first kappa shape index (κ1) is 23.0. The van der Waals surface area contributed by atoms with Gasteiger partial charge >= 0.3 is 12.1 Å². The third kappa shape index (κ3) is 6.07. The van der Waals surface area contributed by atoms with Gasteiger partial charge in [-0.05, 0) is 39.3 Å². The van der Waals surface area contributed by atoms with Crippen molar-refractivity contribution in [1.82, 2.24) is 14.7 Å². The van der Waals surface area contributed by atoms with Crippen molar-refractivity contribution in [1.29, 1.82) is 0 Å². The number of aliphatic carboxylic acids is 1. The van der Waals surface area contributed by atoms with E-state index in [0.29, 0.717) is 12.6 Å². The summed E-state index contributed by atoms with van der Waals surface area (Å²) in [6.45, 7) is 9.76. The SMILES string of the molecule is COCc1nn(C(C)C)c2c1CCN(Cc1ccc(C)o1)C2.O=C(O)C(F)(F)F. The lowest BCUT2D eigenvalue weighted by Gasteiger charge is -2.27. The number of nitrogens with zero attached hydrogens (tertiary/aromatic N) is 3. The Balaban J connectivity index is 0.000000370. The lowest BCUT2D eigenvalue weighted by molar-refractivity contribution is -0.192. The molecule has 0 saturated heterocycles. The fourth-order valence-electron chi connectivity index (χ4n) is 3.18. The Bertz CT molecular complexity index is 827. The zero-order valence-electron chi connectivity index (χ0n) is 16.9. The molecule has 29 heavy (non-hydrogen) atoms. The molecule has 162 valence electrons. The summed E-state index contributed by atoms with van der Waals surface area (Å²) in [6.07, 6.45) is -4.06. The predicted octanol–water partition coefficient (Wildman–Crippen LogP) is 3.70. The van der Waals surface area contributed by atoms with Gasteiger partial charge in [-0.15, -0.1) is 0 Å². The molecular formula is C19H26F3N3O4. The van der Waals surface area contributed by atoms with E-state index in [4.69, 9.17) is 24.2 Å². The van der Waals surface area contributed by atoms with Crippen LogP contribution in [0.3, 0.4) is 0 Å². The number of ether oxygens (including phenoxy) is 1. The molecule has 1 N–H and O–H groups in total. The Morgan fingerprint density at radius 3 is 2.52 bits per heavy atom. The summed E-state index contributed by atoms with van der Waals surface area (Å²) < 4.78 is 44.9. The molecule has 1 aliphatic rings. The molecule has 0 bridgehead atoms. The molecule has 3 rings (SSSR count). The van der Waals surface area contributed by atoms with Gasteiger partial charge in [0.05, 0.1) is 24.5 Å². The van der Waals surface area contributed by atoms with Crippen LogP contribution in [0.5, 0.6) is 0 Å². The molecule has 2 aromatic heterocycles. The zero-order valence-corrected chi connectivity index (χ0v) is 16.9. The monoisotopic (exact) mass is 417 g/mol. The van der Waals surface area contributed by atoms with Crippen molar-refractivity contribution in [2.75, 3.05) is 13.7 Å². The zero-order chi connectivity index (χ0) is 21.8. The van der Waals surface area contributed by atoms with E-state index >= 15 is 0 Å². The van der Waals surface area contributed by atoms with Crippen molar-refractivity contribution in [3.63, 3.8) is 0 Å². The van der Waals surface area contributed by atoms with Gasteiger partial charge in [-0.1, -0.05) is 0 Å². The molecule has 0 unspecified atom stereocenters. The third-order valence-electron chi connectivity index (χ3n) is 4.44. The molecule has 0 atom stereocenters. The van der Waals surface area contributed by atoms with E-state index in [0.717, 1.165) is 43.3 Å². The van der Waals surface area contributed by atoms with E-state index in [2.05, 4.69) is 29.5 Å². The molecule has 0 radical (unpaired) electrons. The number of aromatic nitrogens is 2. The smallest absolute Gasteiger partial charge is 0.475 e. The van der Waals surface area contributed by atoms with E-state index in [1.807, 2.05) is 13.0 Å². The summed E-state index contributed by atoms with van der Waals surface area (Å²) in [5.74, 6) is -0.747. The van der Waals surface area contributed by atoms with Gasteiger partial charge in [0, 0.05) is 31.8 Å². The van der Waals surface area contributed by atoms with Crippen LogP contribution in [-0.4, -0.2) is 45.6 Å². The minimum absolute atomic E-state index is 0.366. The van der Waals surface area contributed by atoms with Gasteiger partial charge in [0.1, 0.15) is 11.5 Å². The maximum absolute atomic E-state index is 10.6. The van der Waals surface area contributed by atoms with Crippen molar-refractivity contribution in [3.05, 3.63) is 40.6 Å². The van der Waals surface area contributed by atoms with Crippen LogP contribution in [-0.2, 0) is 35.6 Å². The average molecular weight is 417 g/mol. The van der Waals surface area contributed by atoms with Crippen LogP contribution in [0.2, 0.25) is 0 Å². The van der Waals surface area contributed by atoms with Crippen LogP contribution in [0.15, 0.2) is 16.5 Å². The number of carbonyl (C=O) groups is 1. The number of furan rings is 1. The van der Waals surface area contributed by atoms with Gasteiger partial charge in [0.2, 0.25) is 0 Å². The number of aryl methyl sites for hydroxylation is 1. The van der Waals surface area contributed by atoms with E-state index in [9.17, 15) is 13.2 Å². The Morgan fingerprint density at radius 2 is 2.03 bits per heavy atom. The van der Waals surface area contributed by atoms with Gasteiger partial charge in [-0.3, -0.25) is 9.58 Å². The number of hydrogen-bond donors (Lipinski definition) is 1. The first-order chi connectivity index (χ1) is 13.5. The minimum Gasteiger partial charge on any atom is -0.475 e. The maximum Gasteiger partial charge on any atom is 0.490 e. The second-order valence-electron chi connectivity index (χ2n) is 7.12. The minimum atomic E-state index is -5.08. The van der Waals surface area contributed by atoms with Crippen molar-refractivity contribution < 1.29 is 32.2 Å². The van der Waals surface area contributed by atoms with Gasteiger partial charge in [0.15, 0.2) is 0 Å². The van der Waals surface area contributed by atoms with E-state index in [-0.39, 0.29) is 0 Å². The van der Waals surface area contributed by atoms with Crippen LogP contribution >= 0.6 is 0 Å². The number of carboxylic acids is 1. The molecule has 0 aliphatic carbocycles. The van der Waals surface area contributed by atoms with E-state index in [1.165, 1.54) is 11.3 Å². The maximum atomic E-state index is 10.6. The number of alkyl halides is 3. The van der Waals surface area contributed by atoms with Gasteiger partial charge in [-0.2, -0.15) is 18.3 Å². The summed E-state index contributed by atoms with van der Waals surface area (Å²) in [4.78, 5) is 11.3. The highest BCUT2D eigenvalue weighted by molar-refractivity contribution is 5.73. The molecular weight excluding hydrogens is 391 g/mol. The fraction of sp³-hybridized carbons (Fsp3) is 0.579. The molecule has 3 heterocycles. The number of carboxylic acid groups (broad SMARTS) is 1. The highest BCUT2D eigenvalue weighted by Gasteiger charge is 2.38. The second-order valence-corrected chi connectivity index (χ2v) is 7.12. The quantitative estimate of drug-likeness (QED) is 0.799. The van der Waals surface area contributed by atoms with Crippen molar-refractivity contribution >= 4 is 5.97 Å². The van der Waals surface area contributed by atoms with Crippen molar-refractivity contribution in [3.8, 4) is 0 Å². The number of halogens is 3. The summed E-state index contributed by atoms with van der Waals surface area (Å²) in [6, 6.07) is 4.46. The second kappa shape index (κ2) is 9.45. The van der Waals surface area contributed by atoms with Crippen molar-refractivity contribution in [2.45, 2.75) is 59.1 Å². The molecule has 0 amide bonds. The normalized spacial score (nSPS) is 14.5. The highest BCUT2D eigenvalue weighted by Crippen LogP contribution is 2.26. The van der Waals surface area contributed by atoms with Crippen LogP contribution in [0.1, 0.15) is 48.4 Å². The number of rotatable bonds is 5. The van der Waals surface area contributed by atoms with Crippen LogP contribution < -0.4 is 0 Å². The first-order valence-electron chi connectivity index (χ1n) is 9.18. The lowest BCUT2D eigenvalue weighted by Crippen LogP contribution is -2.31. The summed E-state index contributed by atoms with van der Waals surface area (Å²) in [5.41, 5.74) is 3.80. The molecule has 2 aromatic rings. The Morgan fingerprint density at radius 1 is 1.38 bits per heavy atom. The third-order valence-corrected chi connectivity index (χ3v) is 4.44. The van der Waals surface area contributed by atoms with Gasteiger partial charge in [-0.25, -0.2) is 4.79 Å². The molecule has 0 spiro atoms. The Labute approximate surface area is 167 Å². The average Bonchev–Trinajstić information content (AvgIpc) is 3.18. The van der Waals surface area contributed by atoms with Crippen LogP contribution in [0.4, 0.5) is 13.2 Å². The molecule has 0 saturated carbocycles. The number of fused-ring (bicyclic) bond motifs is 1. The van der Waals surface area contributed by atoms with Crippen LogP contribution in [0, 0.1) is 6.92 Å². The molecule has 10 heteroatoms. The fourth-order valence-corrected chi connectivity index (χ4v) is 3.18. The number of methoxy groups -OCH3 is 1. The molecule has 7 nitrogen and oxygen atoms in total. The van der Waals surface area contributed by atoms with Gasteiger partial charge in [0.25, 0.3) is 0 Å². The molecule has 0 fully saturated rings. The van der Waals surface area contributed by atoms with E-state index in [1.54, 1.807) is 7.11 Å².